The van der Waals surface area contributed by atoms with E-state index >= 15 is 0 Å². The predicted octanol–water partition coefficient (Wildman–Crippen LogP) is 3.79. The monoisotopic (exact) mass is 420 g/mol. The number of rotatable bonds is 5. The number of hydrogen-bond donors (Lipinski definition) is 3. The molecule has 3 N–H and O–H groups in total. The smallest absolute Gasteiger partial charge is 0.123 e. The van der Waals surface area contributed by atoms with Crippen molar-refractivity contribution in [2.45, 2.75) is 37.3 Å². The van der Waals surface area contributed by atoms with Crippen molar-refractivity contribution < 1.29 is 9.50 Å². The van der Waals surface area contributed by atoms with Crippen molar-refractivity contribution in [1.29, 1.82) is 0 Å². The standard InChI is InChI=1S/C25H29FN4O/c26-20-3-1-19(2-4-20)25-23(17-5-9-27-10-6-17)14-24(29-25)18-7-11-30(12-8-18)16-21-13-22(31)15-28-21/h1-6,9-10,14,18,21-22,28-29,31H,7-8,11-13,15-16H2/t21?,22-/m1/s1. The lowest BCUT2D eigenvalue weighted by molar-refractivity contribution is 0.175. The Morgan fingerprint density at radius 3 is 2.45 bits per heavy atom. The van der Waals surface area contributed by atoms with Gasteiger partial charge in [-0.15, -0.1) is 0 Å². The van der Waals surface area contributed by atoms with Crippen molar-refractivity contribution in [2.75, 3.05) is 26.2 Å². The Morgan fingerprint density at radius 1 is 1.03 bits per heavy atom. The fourth-order valence-corrected chi connectivity index (χ4v) is 4.97. The van der Waals surface area contributed by atoms with E-state index in [9.17, 15) is 9.50 Å². The van der Waals surface area contributed by atoms with E-state index in [4.69, 9.17) is 0 Å². The number of nitrogens with one attached hydrogen (secondary N) is 2. The Labute approximate surface area is 182 Å². The molecule has 2 saturated heterocycles. The van der Waals surface area contributed by atoms with Crippen LogP contribution in [0, 0.1) is 5.82 Å². The highest BCUT2D eigenvalue weighted by atomic mass is 19.1. The fraction of sp³-hybridized carbons (Fsp3) is 0.400. The highest BCUT2D eigenvalue weighted by Crippen LogP contribution is 2.37. The molecule has 0 aliphatic carbocycles. The van der Waals surface area contributed by atoms with Crippen LogP contribution in [0.5, 0.6) is 0 Å². The van der Waals surface area contributed by atoms with Crippen LogP contribution in [-0.4, -0.2) is 58.3 Å². The van der Waals surface area contributed by atoms with Crippen LogP contribution < -0.4 is 5.32 Å². The van der Waals surface area contributed by atoms with Crippen molar-refractivity contribution >= 4 is 0 Å². The molecular formula is C25H29FN4O. The molecule has 2 aliphatic heterocycles. The zero-order valence-electron chi connectivity index (χ0n) is 17.6. The molecular weight excluding hydrogens is 391 g/mol. The lowest BCUT2D eigenvalue weighted by Gasteiger charge is -2.33. The number of β-amino-alcohol motifs (C(OH)–C–C–N with tert-alkyl or cyclic N) is 1. The summed E-state index contributed by atoms with van der Waals surface area (Å²) in [6.45, 7) is 3.86. The molecule has 162 valence electrons. The number of piperidine rings is 1. The number of benzene rings is 1. The summed E-state index contributed by atoms with van der Waals surface area (Å²) in [6, 6.07) is 13.4. The summed E-state index contributed by atoms with van der Waals surface area (Å²) in [7, 11) is 0. The Hall–Kier alpha value is -2.54. The highest BCUT2D eigenvalue weighted by molar-refractivity contribution is 5.82. The van der Waals surface area contributed by atoms with Gasteiger partial charge in [0.1, 0.15) is 5.82 Å². The van der Waals surface area contributed by atoms with Gasteiger partial charge in [-0.3, -0.25) is 4.98 Å². The van der Waals surface area contributed by atoms with Gasteiger partial charge in [0.25, 0.3) is 0 Å². The Balaban J connectivity index is 1.34. The lowest BCUT2D eigenvalue weighted by atomic mass is 9.92. The summed E-state index contributed by atoms with van der Waals surface area (Å²) in [4.78, 5) is 10.3. The molecule has 4 heterocycles. The summed E-state index contributed by atoms with van der Waals surface area (Å²) >= 11 is 0. The van der Waals surface area contributed by atoms with E-state index in [1.807, 2.05) is 36.7 Å². The molecule has 2 fully saturated rings. The van der Waals surface area contributed by atoms with E-state index in [1.165, 1.54) is 17.8 Å². The van der Waals surface area contributed by atoms with Crippen LogP contribution in [-0.2, 0) is 0 Å². The van der Waals surface area contributed by atoms with E-state index < -0.39 is 0 Å². The molecule has 1 unspecified atom stereocenters. The maximum Gasteiger partial charge on any atom is 0.123 e. The molecule has 3 aromatic rings. The molecule has 0 saturated carbocycles. The second-order valence-electron chi connectivity index (χ2n) is 8.83. The van der Waals surface area contributed by atoms with Crippen LogP contribution in [0.1, 0.15) is 30.9 Å². The van der Waals surface area contributed by atoms with Crippen LogP contribution in [0.15, 0.2) is 54.9 Å². The van der Waals surface area contributed by atoms with Gasteiger partial charge in [0.15, 0.2) is 0 Å². The molecule has 1 aromatic carbocycles. The zero-order valence-corrected chi connectivity index (χ0v) is 17.6. The number of nitrogens with zero attached hydrogens (tertiary/aromatic N) is 2. The molecule has 5 rings (SSSR count). The van der Waals surface area contributed by atoms with Gasteiger partial charge in [-0.2, -0.15) is 0 Å². The van der Waals surface area contributed by atoms with Crippen molar-refractivity contribution in [2.24, 2.45) is 0 Å². The van der Waals surface area contributed by atoms with E-state index in [1.54, 1.807) is 0 Å². The molecule has 2 aromatic heterocycles. The zero-order chi connectivity index (χ0) is 21.2. The number of pyridine rings is 1. The number of aromatic nitrogens is 2. The number of halogens is 1. The molecule has 0 radical (unpaired) electrons. The average molecular weight is 421 g/mol. The van der Waals surface area contributed by atoms with Gasteiger partial charge in [0.05, 0.1) is 11.8 Å². The van der Waals surface area contributed by atoms with Gasteiger partial charge in [0, 0.05) is 48.7 Å². The average Bonchev–Trinajstić information content (AvgIpc) is 3.42. The molecule has 2 atom stereocenters. The number of aliphatic hydroxyl groups is 1. The Morgan fingerprint density at radius 2 is 1.77 bits per heavy atom. The Kier molecular flexibility index (Phi) is 5.85. The largest absolute Gasteiger partial charge is 0.392 e. The van der Waals surface area contributed by atoms with E-state index in [-0.39, 0.29) is 11.9 Å². The number of likely N-dealkylation sites (tertiary alicyclic amines) is 1. The number of aromatic amines is 1. The third-order valence-electron chi connectivity index (χ3n) is 6.67. The third kappa shape index (κ3) is 4.56. The molecule has 0 bridgehead atoms. The first kappa shape index (κ1) is 20.4. The summed E-state index contributed by atoms with van der Waals surface area (Å²) < 4.78 is 13.5. The fourth-order valence-electron chi connectivity index (χ4n) is 4.97. The van der Waals surface area contributed by atoms with Crippen LogP contribution in [0.3, 0.4) is 0 Å². The quantitative estimate of drug-likeness (QED) is 0.588. The minimum atomic E-state index is -0.224. The van der Waals surface area contributed by atoms with Gasteiger partial charge in [-0.1, -0.05) is 0 Å². The first-order valence-corrected chi connectivity index (χ1v) is 11.2. The number of aliphatic hydroxyl groups excluding tert-OH is 1. The van der Waals surface area contributed by atoms with Gasteiger partial charge in [-0.05, 0) is 85.9 Å². The van der Waals surface area contributed by atoms with E-state index in [0.29, 0.717) is 18.5 Å². The molecule has 0 spiro atoms. The van der Waals surface area contributed by atoms with Crippen molar-refractivity contribution in [1.82, 2.24) is 20.2 Å². The summed E-state index contributed by atoms with van der Waals surface area (Å²) in [5.41, 5.74) is 5.52. The van der Waals surface area contributed by atoms with Crippen LogP contribution in [0.2, 0.25) is 0 Å². The van der Waals surface area contributed by atoms with E-state index in [2.05, 4.69) is 26.3 Å². The minimum Gasteiger partial charge on any atom is -0.392 e. The first-order valence-electron chi connectivity index (χ1n) is 11.2. The summed E-state index contributed by atoms with van der Waals surface area (Å²) in [5.74, 6) is 0.255. The topological polar surface area (TPSA) is 64.2 Å². The minimum absolute atomic E-state index is 0.196. The van der Waals surface area contributed by atoms with Crippen LogP contribution in [0.25, 0.3) is 22.4 Å². The number of H-pyrrole nitrogens is 1. The van der Waals surface area contributed by atoms with Crippen LogP contribution >= 0.6 is 0 Å². The van der Waals surface area contributed by atoms with E-state index in [0.717, 1.165) is 61.3 Å². The first-order chi connectivity index (χ1) is 15.2. The maximum absolute atomic E-state index is 13.5. The molecule has 0 amide bonds. The Bertz CT molecular complexity index is 996. The maximum atomic E-state index is 13.5. The predicted molar refractivity (Wildman–Crippen MR) is 120 cm³/mol. The molecule has 6 heteroatoms. The molecule has 31 heavy (non-hydrogen) atoms. The third-order valence-corrected chi connectivity index (χ3v) is 6.67. The normalized spacial score (nSPS) is 22.8. The highest BCUT2D eigenvalue weighted by Gasteiger charge is 2.28. The lowest BCUT2D eigenvalue weighted by Crippen LogP contribution is -2.41. The van der Waals surface area contributed by atoms with Gasteiger partial charge < -0.3 is 20.3 Å². The van der Waals surface area contributed by atoms with Crippen molar-refractivity contribution in [3.63, 3.8) is 0 Å². The second kappa shape index (κ2) is 8.91. The summed E-state index contributed by atoms with van der Waals surface area (Å²) in [5, 5.41) is 13.2. The van der Waals surface area contributed by atoms with Gasteiger partial charge in [0.2, 0.25) is 0 Å². The second-order valence-corrected chi connectivity index (χ2v) is 8.83. The molecule has 2 aliphatic rings. The van der Waals surface area contributed by atoms with Gasteiger partial charge in [-0.25, -0.2) is 4.39 Å². The van der Waals surface area contributed by atoms with Crippen molar-refractivity contribution in [3.8, 4) is 22.4 Å². The van der Waals surface area contributed by atoms with Crippen molar-refractivity contribution in [3.05, 3.63) is 66.4 Å². The summed E-state index contributed by atoms with van der Waals surface area (Å²) in [6.07, 6.45) is 6.49. The molecule has 5 nitrogen and oxygen atoms in total. The number of hydrogen-bond acceptors (Lipinski definition) is 4. The van der Waals surface area contributed by atoms with Crippen LogP contribution in [0.4, 0.5) is 4.39 Å². The van der Waals surface area contributed by atoms with Gasteiger partial charge >= 0.3 is 0 Å². The SMILES string of the molecule is O[C@H]1CNC(CN2CCC(c3cc(-c4ccncc4)c(-c4ccc(F)cc4)[nH]3)CC2)C1.